The van der Waals surface area contributed by atoms with E-state index in [4.69, 9.17) is 20.9 Å². The number of amides is 1. The summed E-state index contributed by atoms with van der Waals surface area (Å²) in [4.78, 5) is 12.3. The summed E-state index contributed by atoms with van der Waals surface area (Å²) in [7, 11) is 1.51. The normalized spacial score (nSPS) is 11.3. The molecule has 1 heterocycles. The van der Waals surface area contributed by atoms with Gasteiger partial charge in [-0.2, -0.15) is 13.2 Å². The monoisotopic (exact) mass is 396 g/mol. The lowest BCUT2D eigenvalue weighted by Gasteiger charge is -2.10. The molecule has 3 aromatic rings. The van der Waals surface area contributed by atoms with E-state index in [1.165, 1.54) is 13.2 Å². The fourth-order valence-corrected chi connectivity index (χ4v) is 2.44. The molecule has 0 aliphatic heterocycles. The van der Waals surface area contributed by atoms with Crippen molar-refractivity contribution in [2.45, 2.75) is 6.18 Å². The summed E-state index contributed by atoms with van der Waals surface area (Å²) in [6, 6.07) is 10.9. The van der Waals surface area contributed by atoms with Gasteiger partial charge >= 0.3 is 6.18 Å². The van der Waals surface area contributed by atoms with Crippen LogP contribution in [0, 0.1) is 0 Å². The first-order chi connectivity index (χ1) is 12.8. The number of benzene rings is 2. The van der Waals surface area contributed by atoms with Crippen LogP contribution in [0.25, 0.3) is 11.3 Å². The number of ether oxygens (including phenoxy) is 1. The van der Waals surface area contributed by atoms with Gasteiger partial charge in [0.25, 0.3) is 5.91 Å². The number of rotatable bonds is 4. The average molecular weight is 397 g/mol. The molecule has 3 rings (SSSR count). The van der Waals surface area contributed by atoms with Crippen molar-refractivity contribution >= 4 is 23.2 Å². The number of hydrogen-bond donors (Lipinski definition) is 1. The SMILES string of the molecule is COc1cccc(-c2cc(C(=O)Nc3cc(C(F)(F)F)ccc3Cl)no2)c1. The molecule has 0 spiro atoms. The Kier molecular flexibility index (Phi) is 5.09. The van der Waals surface area contributed by atoms with Gasteiger partial charge in [0.05, 0.1) is 23.4 Å². The quantitative estimate of drug-likeness (QED) is 0.652. The number of aromatic nitrogens is 1. The van der Waals surface area contributed by atoms with Crippen molar-refractivity contribution in [3.63, 3.8) is 0 Å². The van der Waals surface area contributed by atoms with Crippen molar-refractivity contribution in [1.82, 2.24) is 5.16 Å². The zero-order valence-electron chi connectivity index (χ0n) is 13.8. The molecule has 1 N–H and O–H groups in total. The van der Waals surface area contributed by atoms with Crippen LogP contribution in [0.3, 0.4) is 0 Å². The zero-order chi connectivity index (χ0) is 19.6. The lowest BCUT2D eigenvalue weighted by atomic mass is 10.1. The van der Waals surface area contributed by atoms with Crippen molar-refractivity contribution in [3.05, 3.63) is 64.8 Å². The summed E-state index contributed by atoms with van der Waals surface area (Å²) in [6.45, 7) is 0. The van der Waals surface area contributed by atoms with Crippen molar-refractivity contribution < 1.29 is 27.2 Å². The molecule has 5 nitrogen and oxygen atoms in total. The molecular weight excluding hydrogens is 385 g/mol. The van der Waals surface area contributed by atoms with Gasteiger partial charge < -0.3 is 14.6 Å². The van der Waals surface area contributed by atoms with Crippen LogP contribution in [-0.2, 0) is 6.18 Å². The molecule has 0 aliphatic carbocycles. The maximum atomic E-state index is 12.8. The van der Waals surface area contributed by atoms with Crippen molar-refractivity contribution in [2.75, 3.05) is 12.4 Å². The Bertz CT molecular complexity index is 986. The van der Waals surface area contributed by atoms with E-state index in [1.54, 1.807) is 24.3 Å². The first kappa shape index (κ1) is 18.8. The van der Waals surface area contributed by atoms with E-state index in [9.17, 15) is 18.0 Å². The first-order valence-electron chi connectivity index (χ1n) is 7.57. The summed E-state index contributed by atoms with van der Waals surface area (Å²) in [5, 5.41) is 5.93. The molecule has 0 radical (unpaired) electrons. The van der Waals surface area contributed by atoms with Crippen LogP contribution in [0.1, 0.15) is 16.1 Å². The van der Waals surface area contributed by atoms with Gasteiger partial charge in [-0.1, -0.05) is 28.9 Å². The topological polar surface area (TPSA) is 64.4 Å². The number of carbonyl (C=O) groups excluding carboxylic acids is 1. The van der Waals surface area contributed by atoms with Gasteiger partial charge in [-0.3, -0.25) is 4.79 Å². The van der Waals surface area contributed by atoms with E-state index in [-0.39, 0.29) is 16.4 Å². The number of anilines is 1. The number of carbonyl (C=O) groups is 1. The second-order valence-electron chi connectivity index (χ2n) is 5.45. The first-order valence-corrected chi connectivity index (χ1v) is 7.95. The maximum Gasteiger partial charge on any atom is 0.416 e. The molecule has 1 amide bonds. The Morgan fingerprint density at radius 2 is 1.96 bits per heavy atom. The molecule has 0 bridgehead atoms. The lowest BCUT2D eigenvalue weighted by molar-refractivity contribution is -0.137. The standard InChI is InChI=1S/C18H12ClF3N2O3/c1-26-12-4-2-3-10(7-12)16-9-15(24-27-16)17(25)23-14-8-11(18(20,21)22)5-6-13(14)19/h2-9H,1H3,(H,23,25). The number of halogens is 4. The molecule has 0 saturated carbocycles. The predicted molar refractivity (Wildman–Crippen MR) is 92.9 cm³/mol. The summed E-state index contributed by atoms with van der Waals surface area (Å²) in [5.41, 5.74) is -0.596. The van der Waals surface area contributed by atoms with E-state index in [0.717, 1.165) is 18.2 Å². The Morgan fingerprint density at radius 1 is 1.19 bits per heavy atom. The molecule has 1 aromatic heterocycles. The highest BCUT2D eigenvalue weighted by Gasteiger charge is 2.31. The predicted octanol–water partition coefficient (Wildman–Crippen LogP) is 5.27. The van der Waals surface area contributed by atoms with Crippen molar-refractivity contribution in [3.8, 4) is 17.1 Å². The van der Waals surface area contributed by atoms with Gasteiger partial charge in [-0.25, -0.2) is 0 Å². The molecule has 0 aliphatic rings. The number of alkyl halides is 3. The molecule has 27 heavy (non-hydrogen) atoms. The number of nitrogens with zero attached hydrogens (tertiary/aromatic N) is 1. The number of methoxy groups -OCH3 is 1. The Hall–Kier alpha value is -3.00. The van der Waals surface area contributed by atoms with Crippen LogP contribution in [0.15, 0.2) is 53.1 Å². The van der Waals surface area contributed by atoms with Gasteiger partial charge in [-0.15, -0.1) is 0 Å². The highest BCUT2D eigenvalue weighted by molar-refractivity contribution is 6.33. The van der Waals surface area contributed by atoms with Gasteiger partial charge in [0.15, 0.2) is 11.5 Å². The van der Waals surface area contributed by atoms with Gasteiger partial charge in [0.2, 0.25) is 0 Å². The largest absolute Gasteiger partial charge is 0.497 e. The summed E-state index contributed by atoms with van der Waals surface area (Å²) < 4.78 is 48.7. The number of hydrogen-bond acceptors (Lipinski definition) is 4. The van der Waals surface area contributed by atoms with Crippen molar-refractivity contribution in [2.24, 2.45) is 0 Å². The fourth-order valence-electron chi connectivity index (χ4n) is 2.28. The van der Waals surface area contributed by atoms with E-state index >= 15 is 0 Å². The Labute approximate surface area is 156 Å². The molecule has 2 aromatic carbocycles. The third-order valence-electron chi connectivity index (χ3n) is 3.64. The molecule has 140 valence electrons. The van der Waals surface area contributed by atoms with Crippen LogP contribution in [0.5, 0.6) is 5.75 Å². The summed E-state index contributed by atoms with van der Waals surface area (Å²) in [5.74, 6) is 0.133. The molecular formula is C18H12ClF3N2O3. The van der Waals surface area contributed by atoms with E-state index in [0.29, 0.717) is 17.1 Å². The molecule has 0 atom stereocenters. The summed E-state index contributed by atoms with van der Waals surface area (Å²) >= 11 is 5.87. The minimum atomic E-state index is -4.56. The molecule has 0 fully saturated rings. The van der Waals surface area contributed by atoms with Crippen LogP contribution in [0.2, 0.25) is 5.02 Å². The Balaban J connectivity index is 1.83. The van der Waals surface area contributed by atoms with Crippen LogP contribution in [-0.4, -0.2) is 18.2 Å². The highest BCUT2D eigenvalue weighted by atomic mass is 35.5. The minimum Gasteiger partial charge on any atom is -0.497 e. The van der Waals surface area contributed by atoms with Gasteiger partial charge in [0, 0.05) is 11.6 Å². The third kappa shape index (κ3) is 4.22. The second kappa shape index (κ2) is 7.32. The maximum absolute atomic E-state index is 12.8. The van der Waals surface area contributed by atoms with Crippen LogP contribution >= 0.6 is 11.6 Å². The zero-order valence-corrected chi connectivity index (χ0v) is 14.6. The molecule has 0 unspecified atom stereocenters. The molecule has 9 heteroatoms. The number of nitrogens with one attached hydrogen (secondary N) is 1. The fraction of sp³-hybridized carbons (Fsp3) is 0.111. The van der Waals surface area contributed by atoms with E-state index in [2.05, 4.69) is 10.5 Å². The van der Waals surface area contributed by atoms with Crippen LogP contribution < -0.4 is 10.1 Å². The highest BCUT2D eigenvalue weighted by Crippen LogP contribution is 2.34. The van der Waals surface area contributed by atoms with E-state index in [1.807, 2.05) is 0 Å². The second-order valence-corrected chi connectivity index (χ2v) is 5.86. The smallest absolute Gasteiger partial charge is 0.416 e. The Morgan fingerprint density at radius 3 is 2.67 bits per heavy atom. The van der Waals surface area contributed by atoms with E-state index < -0.39 is 17.6 Å². The summed E-state index contributed by atoms with van der Waals surface area (Å²) in [6.07, 6.45) is -4.56. The van der Waals surface area contributed by atoms with Gasteiger partial charge in [-0.05, 0) is 30.3 Å². The van der Waals surface area contributed by atoms with Gasteiger partial charge in [0.1, 0.15) is 5.75 Å². The molecule has 0 saturated heterocycles. The third-order valence-corrected chi connectivity index (χ3v) is 3.97. The lowest BCUT2D eigenvalue weighted by Crippen LogP contribution is -2.14. The van der Waals surface area contributed by atoms with Crippen LogP contribution in [0.4, 0.5) is 18.9 Å². The van der Waals surface area contributed by atoms with Crippen molar-refractivity contribution in [1.29, 1.82) is 0 Å². The minimum absolute atomic E-state index is 0.0344. The average Bonchev–Trinajstić information content (AvgIpc) is 3.13.